The Morgan fingerprint density at radius 3 is 2.75 bits per heavy atom. The summed E-state index contributed by atoms with van der Waals surface area (Å²) in [4.78, 5) is 10.8. The summed E-state index contributed by atoms with van der Waals surface area (Å²) in [5, 5.41) is 0. The van der Waals surface area contributed by atoms with Crippen LogP contribution < -0.4 is 10.6 Å². The molecule has 0 bridgehead atoms. The van der Waals surface area contributed by atoms with Crippen molar-refractivity contribution < 1.29 is 0 Å². The molecule has 0 saturated heterocycles. The SMILES string of the molecule is CCc1nc(N)cc(N(C)C(C)CSC)n1. The molecule has 1 atom stereocenters. The molecule has 1 unspecified atom stereocenters. The zero-order valence-electron chi connectivity index (χ0n) is 10.4. The number of aryl methyl sites for hydroxylation is 1. The lowest BCUT2D eigenvalue weighted by Gasteiger charge is -2.25. The molecule has 0 aliphatic heterocycles. The minimum absolute atomic E-state index is 0.439. The number of anilines is 2. The first-order valence-corrected chi connectivity index (χ1v) is 6.83. The van der Waals surface area contributed by atoms with Gasteiger partial charge in [-0.2, -0.15) is 11.8 Å². The van der Waals surface area contributed by atoms with Gasteiger partial charge in [-0.15, -0.1) is 0 Å². The highest BCUT2D eigenvalue weighted by Gasteiger charge is 2.12. The molecule has 2 N–H and O–H groups in total. The summed E-state index contributed by atoms with van der Waals surface area (Å²) < 4.78 is 0. The van der Waals surface area contributed by atoms with Crippen molar-refractivity contribution in [1.82, 2.24) is 9.97 Å². The van der Waals surface area contributed by atoms with Crippen LogP contribution >= 0.6 is 11.8 Å². The first-order chi connectivity index (χ1) is 7.58. The number of nitrogens with zero attached hydrogens (tertiary/aromatic N) is 3. The molecule has 16 heavy (non-hydrogen) atoms. The smallest absolute Gasteiger partial charge is 0.134 e. The average molecular weight is 240 g/mol. The maximum Gasteiger partial charge on any atom is 0.134 e. The van der Waals surface area contributed by atoms with Gasteiger partial charge < -0.3 is 10.6 Å². The molecule has 0 saturated carbocycles. The quantitative estimate of drug-likeness (QED) is 0.850. The zero-order valence-corrected chi connectivity index (χ0v) is 11.2. The summed E-state index contributed by atoms with van der Waals surface area (Å²) in [6.45, 7) is 4.21. The van der Waals surface area contributed by atoms with Crippen LogP contribution in [-0.2, 0) is 6.42 Å². The van der Waals surface area contributed by atoms with Crippen molar-refractivity contribution in [3.63, 3.8) is 0 Å². The van der Waals surface area contributed by atoms with Crippen molar-refractivity contribution in [3.8, 4) is 0 Å². The molecule has 90 valence electrons. The molecule has 0 spiro atoms. The van der Waals surface area contributed by atoms with Crippen molar-refractivity contribution in [2.45, 2.75) is 26.3 Å². The summed E-state index contributed by atoms with van der Waals surface area (Å²) in [6.07, 6.45) is 2.92. The molecule has 0 aliphatic rings. The number of nitrogen functional groups attached to an aromatic ring is 1. The predicted molar refractivity (Wildman–Crippen MR) is 72.1 cm³/mol. The van der Waals surface area contributed by atoms with Gasteiger partial charge in [-0.25, -0.2) is 9.97 Å². The largest absolute Gasteiger partial charge is 0.384 e. The maximum absolute atomic E-state index is 5.76. The fourth-order valence-electron chi connectivity index (χ4n) is 1.42. The number of aromatic nitrogens is 2. The summed E-state index contributed by atoms with van der Waals surface area (Å²) >= 11 is 1.83. The van der Waals surface area contributed by atoms with Crippen LogP contribution in [0.4, 0.5) is 11.6 Å². The fraction of sp³-hybridized carbons (Fsp3) is 0.636. The molecular formula is C11H20N4S. The number of hydrogen-bond acceptors (Lipinski definition) is 5. The van der Waals surface area contributed by atoms with E-state index in [1.165, 1.54) is 0 Å². The minimum Gasteiger partial charge on any atom is -0.384 e. The summed E-state index contributed by atoms with van der Waals surface area (Å²) in [7, 11) is 2.04. The second-order valence-electron chi connectivity index (χ2n) is 3.84. The van der Waals surface area contributed by atoms with E-state index in [2.05, 4.69) is 28.0 Å². The van der Waals surface area contributed by atoms with Gasteiger partial charge in [0.25, 0.3) is 0 Å². The lowest BCUT2D eigenvalue weighted by molar-refractivity contribution is 0.746. The van der Waals surface area contributed by atoms with Crippen LogP contribution in [0.3, 0.4) is 0 Å². The third kappa shape index (κ3) is 3.27. The van der Waals surface area contributed by atoms with Gasteiger partial charge in [0.1, 0.15) is 17.5 Å². The Balaban J connectivity index is 2.89. The van der Waals surface area contributed by atoms with Gasteiger partial charge in [0.2, 0.25) is 0 Å². The van der Waals surface area contributed by atoms with E-state index in [1.807, 2.05) is 31.8 Å². The topological polar surface area (TPSA) is 55.0 Å². The number of nitrogens with two attached hydrogens (primary N) is 1. The highest BCUT2D eigenvalue weighted by Crippen LogP contribution is 2.16. The van der Waals surface area contributed by atoms with Gasteiger partial charge in [0.05, 0.1) is 0 Å². The van der Waals surface area contributed by atoms with Crippen molar-refractivity contribution in [1.29, 1.82) is 0 Å². The van der Waals surface area contributed by atoms with Crippen LogP contribution in [0, 0.1) is 0 Å². The van der Waals surface area contributed by atoms with E-state index in [1.54, 1.807) is 0 Å². The van der Waals surface area contributed by atoms with Crippen LogP contribution in [0.2, 0.25) is 0 Å². The molecule has 5 heteroatoms. The Morgan fingerprint density at radius 1 is 1.50 bits per heavy atom. The lowest BCUT2D eigenvalue weighted by Crippen LogP contribution is -2.31. The van der Waals surface area contributed by atoms with Crippen LogP contribution in [0.25, 0.3) is 0 Å². The summed E-state index contributed by atoms with van der Waals surface area (Å²) in [6, 6.07) is 2.27. The molecule has 1 rings (SSSR count). The Kier molecular flexibility index (Phi) is 4.86. The third-order valence-electron chi connectivity index (χ3n) is 2.53. The normalized spacial score (nSPS) is 12.5. The van der Waals surface area contributed by atoms with E-state index in [0.717, 1.165) is 23.8 Å². The predicted octanol–water partition coefficient (Wildman–Crippen LogP) is 1.81. The average Bonchev–Trinajstić information content (AvgIpc) is 2.27. The van der Waals surface area contributed by atoms with E-state index < -0.39 is 0 Å². The van der Waals surface area contributed by atoms with Gasteiger partial charge in [-0.3, -0.25) is 0 Å². The molecule has 1 heterocycles. The first-order valence-electron chi connectivity index (χ1n) is 5.43. The van der Waals surface area contributed by atoms with Gasteiger partial charge in [-0.1, -0.05) is 6.92 Å². The van der Waals surface area contributed by atoms with E-state index >= 15 is 0 Å². The number of thioether (sulfide) groups is 1. The Labute approximate surface area is 102 Å². The third-order valence-corrected chi connectivity index (χ3v) is 3.34. The monoisotopic (exact) mass is 240 g/mol. The second kappa shape index (κ2) is 5.94. The van der Waals surface area contributed by atoms with E-state index in [0.29, 0.717) is 11.9 Å². The standard InChI is InChI=1S/C11H20N4S/c1-5-10-13-9(12)6-11(14-10)15(3)8(2)7-16-4/h6,8H,5,7H2,1-4H3,(H2,12,13,14). The molecule has 0 amide bonds. The van der Waals surface area contributed by atoms with Crippen LogP contribution in [0.1, 0.15) is 19.7 Å². The van der Waals surface area contributed by atoms with Crippen molar-refractivity contribution in [2.75, 3.05) is 29.7 Å². The van der Waals surface area contributed by atoms with Gasteiger partial charge >= 0.3 is 0 Å². The molecule has 0 fully saturated rings. The molecular weight excluding hydrogens is 220 g/mol. The van der Waals surface area contributed by atoms with Gasteiger partial charge in [0, 0.05) is 31.3 Å². The number of hydrogen-bond donors (Lipinski definition) is 1. The second-order valence-corrected chi connectivity index (χ2v) is 4.75. The molecule has 0 aromatic carbocycles. The maximum atomic E-state index is 5.76. The van der Waals surface area contributed by atoms with Crippen molar-refractivity contribution in [2.24, 2.45) is 0 Å². The minimum atomic E-state index is 0.439. The molecule has 4 nitrogen and oxygen atoms in total. The van der Waals surface area contributed by atoms with Crippen LogP contribution in [0.15, 0.2) is 6.07 Å². The lowest BCUT2D eigenvalue weighted by atomic mass is 10.3. The van der Waals surface area contributed by atoms with Crippen molar-refractivity contribution in [3.05, 3.63) is 11.9 Å². The summed E-state index contributed by atoms with van der Waals surface area (Å²) in [5.74, 6) is 3.33. The fourth-order valence-corrected chi connectivity index (χ4v) is 2.13. The highest BCUT2D eigenvalue weighted by molar-refractivity contribution is 7.98. The molecule has 0 aliphatic carbocycles. The highest BCUT2D eigenvalue weighted by atomic mass is 32.2. The molecule has 1 aromatic heterocycles. The molecule has 0 radical (unpaired) electrons. The van der Waals surface area contributed by atoms with Crippen molar-refractivity contribution >= 4 is 23.4 Å². The van der Waals surface area contributed by atoms with E-state index in [9.17, 15) is 0 Å². The van der Waals surface area contributed by atoms with E-state index in [4.69, 9.17) is 5.73 Å². The first kappa shape index (κ1) is 13.1. The van der Waals surface area contributed by atoms with Gasteiger partial charge in [-0.05, 0) is 13.2 Å². The summed E-state index contributed by atoms with van der Waals surface area (Å²) in [5.41, 5.74) is 5.76. The number of rotatable bonds is 5. The van der Waals surface area contributed by atoms with E-state index in [-0.39, 0.29) is 0 Å². The van der Waals surface area contributed by atoms with Crippen LogP contribution in [-0.4, -0.2) is 35.1 Å². The Hall–Kier alpha value is -0.970. The Morgan fingerprint density at radius 2 is 2.19 bits per heavy atom. The van der Waals surface area contributed by atoms with Gasteiger partial charge in [0.15, 0.2) is 0 Å². The zero-order chi connectivity index (χ0) is 12.1. The molecule has 1 aromatic rings. The van der Waals surface area contributed by atoms with Crippen LogP contribution in [0.5, 0.6) is 0 Å². The Bertz CT molecular complexity index is 343.